The summed E-state index contributed by atoms with van der Waals surface area (Å²) in [5.41, 5.74) is 2.95. The van der Waals surface area contributed by atoms with Crippen LogP contribution < -0.4 is 0 Å². The summed E-state index contributed by atoms with van der Waals surface area (Å²) in [4.78, 5) is 13.6. The maximum atomic E-state index is 11.2. The maximum Gasteiger partial charge on any atom is 0.335 e. The van der Waals surface area contributed by atoms with Crippen molar-refractivity contribution >= 4 is 5.97 Å². The van der Waals surface area contributed by atoms with E-state index in [1.165, 1.54) is 5.56 Å². The summed E-state index contributed by atoms with van der Waals surface area (Å²) in [6.45, 7) is 9.56. The van der Waals surface area contributed by atoms with Crippen molar-refractivity contribution in [3.05, 3.63) is 34.9 Å². The Morgan fingerprint density at radius 1 is 1.39 bits per heavy atom. The Morgan fingerprint density at radius 3 is 2.72 bits per heavy atom. The standard InChI is InChI=1S/C15H21NO2/c1-15(2,3)10-16-8-7-12-11(9-16)5-4-6-13(12)14(17)18/h4-6H,7-10H2,1-3H3,(H,17,18). The Bertz CT molecular complexity index is 460. The summed E-state index contributed by atoms with van der Waals surface area (Å²) >= 11 is 0. The van der Waals surface area contributed by atoms with Gasteiger partial charge in [0.25, 0.3) is 0 Å². The Hall–Kier alpha value is -1.35. The second-order valence-electron chi connectivity index (χ2n) is 6.27. The van der Waals surface area contributed by atoms with Gasteiger partial charge < -0.3 is 5.11 Å². The fourth-order valence-electron chi connectivity index (χ4n) is 2.67. The molecule has 1 aliphatic rings. The fourth-order valence-corrected chi connectivity index (χ4v) is 2.67. The first-order valence-electron chi connectivity index (χ1n) is 6.43. The number of fused-ring (bicyclic) bond motifs is 1. The highest BCUT2D eigenvalue weighted by molar-refractivity contribution is 5.89. The minimum atomic E-state index is -0.809. The fraction of sp³-hybridized carbons (Fsp3) is 0.533. The molecule has 0 atom stereocenters. The maximum absolute atomic E-state index is 11.2. The molecule has 2 rings (SSSR count). The first-order valence-corrected chi connectivity index (χ1v) is 6.43. The van der Waals surface area contributed by atoms with E-state index in [0.717, 1.165) is 31.6 Å². The molecule has 3 heteroatoms. The van der Waals surface area contributed by atoms with E-state index in [-0.39, 0.29) is 5.41 Å². The van der Waals surface area contributed by atoms with Crippen LogP contribution >= 0.6 is 0 Å². The van der Waals surface area contributed by atoms with Crippen LogP contribution in [-0.4, -0.2) is 29.1 Å². The summed E-state index contributed by atoms with van der Waals surface area (Å²) in [5, 5.41) is 9.18. The van der Waals surface area contributed by atoms with E-state index in [0.29, 0.717) is 5.56 Å². The third-order valence-electron chi connectivity index (χ3n) is 3.27. The summed E-state index contributed by atoms with van der Waals surface area (Å²) in [7, 11) is 0. The van der Waals surface area contributed by atoms with Gasteiger partial charge in [0.05, 0.1) is 5.56 Å². The first-order chi connectivity index (χ1) is 8.37. The summed E-state index contributed by atoms with van der Waals surface area (Å²) in [6.07, 6.45) is 0.841. The Morgan fingerprint density at radius 2 is 2.11 bits per heavy atom. The molecule has 0 aliphatic carbocycles. The molecule has 0 radical (unpaired) electrons. The zero-order valence-corrected chi connectivity index (χ0v) is 11.4. The van der Waals surface area contributed by atoms with Crippen LogP contribution in [0.2, 0.25) is 0 Å². The summed E-state index contributed by atoms with van der Waals surface area (Å²) in [5.74, 6) is -0.809. The molecular formula is C15H21NO2. The molecular weight excluding hydrogens is 226 g/mol. The van der Waals surface area contributed by atoms with Crippen LogP contribution in [0.1, 0.15) is 42.3 Å². The van der Waals surface area contributed by atoms with Gasteiger partial charge in [0.2, 0.25) is 0 Å². The molecule has 0 spiro atoms. The monoisotopic (exact) mass is 247 g/mol. The zero-order chi connectivity index (χ0) is 13.3. The van der Waals surface area contributed by atoms with Crippen molar-refractivity contribution in [2.75, 3.05) is 13.1 Å². The number of hydrogen-bond acceptors (Lipinski definition) is 2. The highest BCUT2D eigenvalue weighted by atomic mass is 16.4. The minimum absolute atomic E-state index is 0.280. The highest BCUT2D eigenvalue weighted by Crippen LogP contribution is 2.25. The molecule has 0 aromatic heterocycles. The van der Waals surface area contributed by atoms with Crippen molar-refractivity contribution < 1.29 is 9.90 Å². The smallest absolute Gasteiger partial charge is 0.335 e. The number of hydrogen-bond donors (Lipinski definition) is 1. The van der Waals surface area contributed by atoms with Gasteiger partial charge in [-0.1, -0.05) is 32.9 Å². The van der Waals surface area contributed by atoms with Crippen LogP contribution in [0, 0.1) is 5.41 Å². The molecule has 0 saturated heterocycles. The number of benzene rings is 1. The quantitative estimate of drug-likeness (QED) is 0.873. The predicted molar refractivity (Wildman–Crippen MR) is 71.8 cm³/mol. The SMILES string of the molecule is CC(C)(C)CN1CCc2c(cccc2C(=O)O)C1. The Balaban J connectivity index is 2.21. The van der Waals surface area contributed by atoms with Crippen LogP contribution in [0.5, 0.6) is 0 Å². The lowest BCUT2D eigenvalue weighted by Gasteiger charge is -2.34. The van der Waals surface area contributed by atoms with Crippen LogP contribution in [0.25, 0.3) is 0 Å². The van der Waals surface area contributed by atoms with E-state index in [4.69, 9.17) is 0 Å². The van der Waals surface area contributed by atoms with Crippen molar-refractivity contribution in [2.24, 2.45) is 5.41 Å². The highest BCUT2D eigenvalue weighted by Gasteiger charge is 2.23. The molecule has 18 heavy (non-hydrogen) atoms. The van der Waals surface area contributed by atoms with E-state index in [1.807, 2.05) is 6.07 Å². The molecule has 1 aromatic rings. The van der Waals surface area contributed by atoms with Gasteiger partial charge in [-0.15, -0.1) is 0 Å². The molecule has 0 unspecified atom stereocenters. The first kappa shape index (κ1) is 13.1. The number of aromatic carboxylic acids is 1. The zero-order valence-electron chi connectivity index (χ0n) is 11.4. The van der Waals surface area contributed by atoms with Crippen LogP contribution in [0.4, 0.5) is 0 Å². The molecule has 1 aromatic carbocycles. The lowest BCUT2D eigenvalue weighted by atomic mass is 9.91. The number of carboxylic acid groups (broad SMARTS) is 1. The number of nitrogens with zero attached hydrogens (tertiary/aromatic N) is 1. The molecule has 0 saturated carbocycles. The Labute approximate surface area is 108 Å². The van der Waals surface area contributed by atoms with Gasteiger partial charge in [0, 0.05) is 19.6 Å². The van der Waals surface area contributed by atoms with Gasteiger partial charge in [-0.2, -0.15) is 0 Å². The van der Waals surface area contributed by atoms with Crippen molar-refractivity contribution in [2.45, 2.75) is 33.7 Å². The van der Waals surface area contributed by atoms with Crippen molar-refractivity contribution in [1.82, 2.24) is 4.90 Å². The molecule has 0 bridgehead atoms. The second-order valence-corrected chi connectivity index (χ2v) is 6.27. The van der Waals surface area contributed by atoms with Gasteiger partial charge in [-0.05, 0) is 29.0 Å². The van der Waals surface area contributed by atoms with Gasteiger partial charge in [0.15, 0.2) is 0 Å². The van der Waals surface area contributed by atoms with Crippen molar-refractivity contribution in [1.29, 1.82) is 0 Å². The number of carboxylic acids is 1. The predicted octanol–water partition coefficient (Wildman–Crippen LogP) is 2.79. The summed E-state index contributed by atoms with van der Waals surface area (Å²) < 4.78 is 0. The molecule has 98 valence electrons. The minimum Gasteiger partial charge on any atom is -0.478 e. The third kappa shape index (κ3) is 2.91. The average molecular weight is 247 g/mol. The average Bonchev–Trinajstić information content (AvgIpc) is 2.25. The van der Waals surface area contributed by atoms with Crippen LogP contribution in [-0.2, 0) is 13.0 Å². The van der Waals surface area contributed by atoms with E-state index < -0.39 is 5.97 Å². The number of carbonyl (C=O) groups is 1. The van der Waals surface area contributed by atoms with E-state index >= 15 is 0 Å². The molecule has 1 aliphatic heterocycles. The third-order valence-corrected chi connectivity index (χ3v) is 3.27. The summed E-state index contributed by atoms with van der Waals surface area (Å²) in [6, 6.07) is 5.61. The van der Waals surface area contributed by atoms with Crippen molar-refractivity contribution in [3.8, 4) is 0 Å². The topological polar surface area (TPSA) is 40.5 Å². The van der Waals surface area contributed by atoms with E-state index in [2.05, 4.69) is 31.7 Å². The largest absolute Gasteiger partial charge is 0.478 e. The second kappa shape index (κ2) is 4.73. The number of rotatable bonds is 2. The molecule has 0 amide bonds. The lowest BCUT2D eigenvalue weighted by molar-refractivity contribution is 0.0694. The van der Waals surface area contributed by atoms with Gasteiger partial charge >= 0.3 is 5.97 Å². The van der Waals surface area contributed by atoms with E-state index in [9.17, 15) is 9.90 Å². The van der Waals surface area contributed by atoms with Gasteiger partial charge in [0.1, 0.15) is 0 Å². The molecule has 1 N–H and O–H groups in total. The lowest BCUT2D eigenvalue weighted by Crippen LogP contribution is -2.37. The normalized spacial score (nSPS) is 16.4. The van der Waals surface area contributed by atoms with Crippen LogP contribution in [0.3, 0.4) is 0 Å². The van der Waals surface area contributed by atoms with E-state index in [1.54, 1.807) is 6.07 Å². The molecule has 1 heterocycles. The molecule has 3 nitrogen and oxygen atoms in total. The Kier molecular flexibility index (Phi) is 3.44. The van der Waals surface area contributed by atoms with Gasteiger partial charge in [-0.3, -0.25) is 4.90 Å². The van der Waals surface area contributed by atoms with Crippen molar-refractivity contribution in [3.63, 3.8) is 0 Å². The molecule has 0 fully saturated rings. The van der Waals surface area contributed by atoms with Crippen LogP contribution in [0.15, 0.2) is 18.2 Å². The van der Waals surface area contributed by atoms with Gasteiger partial charge in [-0.25, -0.2) is 4.79 Å².